The molecule has 11 nitrogen and oxygen atoms in total. The molecule has 0 saturated heterocycles. The Hall–Kier alpha value is -3.68. The molecule has 0 heterocycles. The van der Waals surface area contributed by atoms with Gasteiger partial charge < -0.3 is 15.0 Å². The number of anilines is 1. The predicted molar refractivity (Wildman–Crippen MR) is 159 cm³/mol. The maximum absolute atomic E-state index is 14.1. The Morgan fingerprint density at radius 1 is 1.12 bits per heavy atom. The zero-order valence-electron chi connectivity index (χ0n) is 22.6. The van der Waals surface area contributed by atoms with Crippen molar-refractivity contribution in [2.24, 2.45) is 0 Å². The van der Waals surface area contributed by atoms with Crippen molar-refractivity contribution in [1.29, 1.82) is 0 Å². The summed E-state index contributed by atoms with van der Waals surface area (Å²) in [6.45, 7) is 2.24. The molecule has 3 rings (SSSR count). The molecule has 2 amide bonds. The normalized spacial score (nSPS) is 11.9. The zero-order chi connectivity index (χ0) is 30.5. The minimum atomic E-state index is -4.60. The Morgan fingerprint density at radius 3 is 2.37 bits per heavy atom. The van der Waals surface area contributed by atoms with Crippen LogP contribution in [0.2, 0.25) is 5.02 Å². The Balaban J connectivity index is 2.16. The Bertz CT molecular complexity index is 1570. The number of aryl methyl sites for hydroxylation is 1. The quantitative estimate of drug-likeness (QED) is 0.231. The monoisotopic (exact) mass is 666 g/mol. The van der Waals surface area contributed by atoms with Crippen molar-refractivity contribution < 1.29 is 27.7 Å². The molecule has 41 heavy (non-hydrogen) atoms. The Kier molecular flexibility index (Phi) is 10.3. The van der Waals surface area contributed by atoms with Gasteiger partial charge in [0.05, 0.1) is 22.6 Å². The summed E-state index contributed by atoms with van der Waals surface area (Å²) in [5.41, 5.74) is 0.492. The van der Waals surface area contributed by atoms with Gasteiger partial charge in [0.25, 0.3) is 15.7 Å². The average Bonchev–Trinajstić information content (AvgIpc) is 2.94. The van der Waals surface area contributed by atoms with Crippen LogP contribution < -0.4 is 14.4 Å². The number of nitro groups is 1. The van der Waals surface area contributed by atoms with Gasteiger partial charge >= 0.3 is 0 Å². The van der Waals surface area contributed by atoms with Crippen LogP contribution in [-0.4, -0.2) is 56.8 Å². The van der Waals surface area contributed by atoms with Crippen molar-refractivity contribution in [3.05, 3.63) is 91.4 Å². The van der Waals surface area contributed by atoms with Gasteiger partial charge in [-0.05, 0) is 55.8 Å². The van der Waals surface area contributed by atoms with E-state index in [-0.39, 0.29) is 28.6 Å². The van der Waals surface area contributed by atoms with Crippen LogP contribution in [-0.2, 0) is 26.2 Å². The first-order valence-corrected chi connectivity index (χ1v) is 14.8. The molecule has 1 N–H and O–H groups in total. The van der Waals surface area contributed by atoms with Crippen molar-refractivity contribution in [2.45, 2.75) is 31.3 Å². The van der Waals surface area contributed by atoms with Gasteiger partial charge in [-0.15, -0.1) is 0 Å². The number of nitrogens with zero attached hydrogens (tertiary/aromatic N) is 3. The summed E-state index contributed by atoms with van der Waals surface area (Å²) in [6.07, 6.45) is 0. The summed E-state index contributed by atoms with van der Waals surface area (Å²) >= 11 is 9.57. The second-order valence-electron chi connectivity index (χ2n) is 8.97. The lowest BCUT2D eigenvalue weighted by atomic mass is 10.1. The lowest BCUT2D eigenvalue weighted by Crippen LogP contribution is -2.50. The molecule has 14 heteroatoms. The number of nitrogens with one attached hydrogen (secondary N) is 1. The number of benzene rings is 3. The molecule has 0 radical (unpaired) electrons. The number of ether oxygens (including phenoxy) is 1. The van der Waals surface area contributed by atoms with Crippen LogP contribution in [0, 0.1) is 17.0 Å². The molecular formula is C27H28BrClN4O7S. The zero-order valence-corrected chi connectivity index (χ0v) is 25.8. The lowest BCUT2D eigenvalue weighted by Gasteiger charge is -2.32. The van der Waals surface area contributed by atoms with E-state index in [9.17, 15) is 28.1 Å². The fraction of sp³-hybridized carbons (Fsp3) is 0.259. The second kappa shape index (κ2) is 13.3. The molecule has 1 atom stereocenters. The van der Waals surface area contributed by atoms with Gasteiger partial charge in [-0.1, -0.05) is 45.7 Å². The summed E-state index contributed by atoms with van der Waals surface area (Å²) in [6, 6.07) is 13.8. The van der Waals surface area contributed by atoms with Crippen LogP contribution in [0.15, 0.2) is 70.0 Å². The van der Waals surface area contributed by atoms with Crippen LogP contribution in [0.4, 0.5) is 11.4 Å². The first-order valence-electron chi connectivity index (χ1n) is 12.2. The van der Waals surface area contributed by atoms with Crippen molar-refractivity contribution in [1.82, 2.24) is 10.2 Å². The van der Waals surface area contributed by atoms with Gasteiger partial charge in [0.15, 0.2) is 0 Å². The lowest BCUT2D eigenvalue weighted by molar-refractivity contribution is -0.385. The van der Waals surface area contributed by atoms with Crippen molar-refractivity contribution in [2.75, 3.05) is 25.0 Å². The highest BCUT2D eigenvalue weighted by molar-refractivity contribution is 9.10. The van der Waals surface area contributed by atoms with E-state index in [0.29, 0.717) is 5.56 Å². The van der Waals surface area contributed by atoms with Crippen LogP contribution in [0.5, 0.6) is 5.75 Å². The summed E-state index contributed by atoms with van der Waals surface area (Å²) < 4.78 is 35.1. The highest BCUT2D eigenvalue weighted by Crippen LogP contribution is 2.36. The number of carbonyl (C=O) groups is 2. The van der Waals surface area contributed by atoms with Gasteiger partial charge in [-0.25, -0.2) is 8.42 Å². The van der Waals surface area contributed by atoms with E-state index in [1.54, 1.807) is 24.3 Å². The van der Waals surface area contributed by atoms with Crippen molar-refractivity contribution in [3.8, 4) is 5.75 Å². The van der Waals surface area contributed by atoms with Gasteiger partial charge in [-0.3, -0.25) is 24.0 Å². The molecule has 3 aromatic rings. The fourth-order valence-corrected chi connectivity index (χ4v) is 5.89. The molecule has 0 aliphatic carbocycles. The fourth-order valence-electron chi connectivity index (χ4n) is 4.02. The highest BCUT2D eigenvalue weighted by atomic mass is 79.9. The third-order valence-corrected chi connectivity index (χ3v) is 8.85. The summed E-state index contributed by atoms with van der Waals surface area (Å²) in [4.78, 5) is 38.2. The number of carbonyl (C=O) groups excluding carboxylic acids is 2. The SMILES string of the molecule is CNC(=O)[C@@H](C)N(Cc1ccc(Br)cc1)C(=O)CN(c1cc(Cl)ccc1OC)S(=O)(=O)c1ccc(C)c([N+](=O)[O-])c1. The molecule has 0 unspecified atom stereocenters. The van der Waals surface area contributed by atoms with E-state index in [0.717, 1.165) is 14.8 Å². The Morgan fingerprint density at radius 2 is 1.78 bits per heavy atom. The number of amides is 2. The van der Waals surface area contributed by atoms with E-state index in [1.165, 1.54) is 63.2 Å². The number of methoxy groups -OCH3 is 1. The second-order valence-corrected chi connectivity index (χ2v) is 12.2. The topological polar surface area (TPSA) is 139 Å². The number of hydrogen-bond acceptors (Lipinski definition) is 7. The van der Waals surface area contributed by atoms with Crippen LogP contribution in [0.3, 0.4) is 0 Å². The average molecular weight is 668 g/mol. The minimum absolute atomic E-state index is 0.00271. The number of hydrogen-bond donors (Lipinski definition) is 1. The number of nitro benzene ring substituents is 1. The molecule has 0 saturated carbocycles. The molecule has 0 spiro atoms. The van der Waals surface area contributed by atoms with E-state index >= 15 is 0 Å². The van der Waals surface area contributed by atoms with Crippen LogP contribution in [0.1, 0.15) is 18.1 Å². The largest absolute Gasteiger partial charge is 0.495 e. The van der Waals surface area contributed by atoms with E-state index < -0.39 is 49.9 Å². The van der Waals surface area contributed by atoms with Gasteiger partial charge in [0.1, 0.15) is 18.3 Å². The van der Waals surface area contributed by atoms with Crippen molar-refractivity contribution >= 4 is 60.7 Å². The first kappa shape index (κ1) is 31.8. The molecule has 218 valence electrons. The summed E-state index contributed by atoms with van der Waals surface area (Å²) in [5, 5.41) is 14.2. The molecule has 0 fully saturated rings. The van der Waals surface area contributed by atoms with Gasteiger partial charge in [0.2, 0.25) is 11.8 Å². The number of likely N-dealkylation sites (N-methyl/N-ethyl adjacent to an activating group) is 1. The minimum Gasteiger partial charge on any atom is -0.495 e. The maximum atomic E-state index is 14.1. The highest BCUT2D eigenvalue weighted by Gasteiger charge is 2.34. The van der Waals surface area contributed by atoms with E-state index in [2.05, 4.69) is 21.2 Å². The molecule has 3 aromatic carbocycles. The standard InChI is InChI=1S/C27H28BrClN4O7S/c1-17-5-11-22(14-23(17)33(36)37)41(38,39)32(24-13-21(29)10-12-25(24)40-4)16-26(34)31(18(2)27(35)30-3)15-19-6-8-20(28)9-7-19/h5-14,18H,15-16H2,1-4H3,(H,30,35)/t18-/m1/s1. The third kappa shape index (κ3) is 7.34. The van der Waals surface area contributed by atoms with E-state index in [4.69, 9.17) is 16.3 Å². The van der Waals surface area contributed by atoms with Crippen molar-refractivity contribution in [3.63, 3.8) is 0 Å². The smallest absolute Gasteiger partial charge is 0.273 e. The molecular weight excluding hydrogens is 640 g/mol. The number of rotatable bonds is 11. The number of halogens is 2. The first-order chi connectivity index (χ1) is 19.3. The summed E-state index contributed by atoms with van der Waals surface area (Å²) in [7, 11) is -1.85. The summed E-state index contributed by atoms with van der Waals surface area (Å²) in [5.74, 6) is -1.08. The molecule has 0 aromatic heterocycles. The van der Waals surface area contributed by atoms with E-state index in [1.807, 2.05) is 0 Å². The van der Waals surface area contributed by atoms with Gasteiger partial charge in [0, 0.05) is 34.7 Å². The molecule has 0 aliphatic heterocycles. The number of sulfonamides is 1. The Labute approximate surface area is 251 Å². The molecule has 0 bridgehead atoms. The van der Waals surface area contributed by atoms with Gasteiger partial charge in [-0.2, -0.15) is 0 Å². The predicted octanol–water partition coefficient (Wildman–Crippen LogP) is 4.69. The third-order valence-electron chi connectivity index (χ3n) is 6.33. The van der Waals surface area contributed by atoms with Crippen LogP contribution in [0.25, 0.3) is 0 Å². The molecule has 0 aliphatic rings. The van der Waals surface area contributed by atoms with Crippen LogP contribution >= 0.6 is 27.5 Å². The maximum Gasteiger partial charge on any atom is 0.273 e.